The molecule has 0 spiro atoms. The first-order valence-electron chi connectivity index (χ1n) is 5.78. The highest BCUT2D eigenvalue weighted by molar-refractivity contribution is 5.53. The van der Waals surface area contributed by atoms with Crippen LogP contribution in [0.15, 0.2) is 30.5 Å². The Bertz CT molecular complexity index is 538. The molecule has 5 nitrogen and oxygen atoms in total. The van der Waals surface area contributed by atoms with Gasteiger partial charge in [-0.3, -0.25) is 0 Å². The van der Waals surface area contributed by atoms with Crippen LogP contribution in [0.5, 0.6) is 0 Å². The summed E-state index contributed by atoms with van der Waals surface area (Å²) in [4.78, 5) is 4.28. The summed E-state index contributed by atoms with van der Waals surface area (Å²) in [6, 6.07) is 6.52. The monoisotopic (exact) mass is 245 g/mol. The summed E-state index contributed by atoms with van der Waals surface area (Å²) in [7, 11) is 0. The van der Waals surface area contributed by atoms with Crippen molar-refractivity contribution in [2.45, 2.75) is 18.9 Å². The van der Waals surface area contributed by atoms with E-state index in [2.05, 4.69) is 25.8 Å². The van der Waals surface area contributed by atoms with Crippen LogP contribution < -0.4 is 10.6 Å². The minimum absolute atomic E-state index is 0.274. The SMILES string of the molecule is Fc1ccc(Nc2nncc(NC3CC3)n2)cc1. The van der Waals surface area contributed by atoms with Crippen LogP contribution in [0.4, 0.5) is 21.8 Å². The highest BCUT2D eigenvalue weighted by atomic mass is 19.1. The fourth-order valence-electron chi connectivity index (χ4n) is 1.53. The molecule has 18 heavy (non-hydrogen) atoms. The topological polar surface area (TPSA) is 62.7 Å². The molecule has 1 aliphatic carbocycles. The molecule has 0 saturated heterocycles. The van der Waals surface area contributed by atoms with Crippen molar-refractivity contribution in [2.24, 2.45) is 0 Å². The second-order valence-corrected chi connectivity index (χ2v) is 4.22. The van der Waals surface area contributed by atoms with Gasteiger partial charge >= 0.3 is 0 Å². The van der Waals surface area contributed by atoms with E-state index in [1.165, 1.54) is 25.0 Å². The molecule has 3 rings (SSSR count). The number of benzene rings is 1. The third-order valence-corrected chi connectivity index (χ3v) is 2.59. The van der Waals surface area contributed by atoms with E-state index < -0.39 is 0 Å². The van der Waals surface area contributed by atoms with Crippen molar-refractivity contribution in [3.63, 3.8) is 0 Å². The molecule has 0 aliphatic heterocycles. The maximum absolute atomic E-state index is 12.8. The third-order valence-electron chi connectivity index (χ3n) is 2.59. The molecule has 6 heteroatoms. The molecule has 0 radical (unpaired) electrons. The summed E-state index contributed by atoms with van der Waals surface area (Å²) in [5.41, 5.74) is 0.724. The fraction of sp³-hybridized carbons (Fsp3) is 0.250. The molecule has 92 valence electrons. The lowest BCUT2D eigenvalue weighted by molar-refractivity contribution is 0.628. The molecular weight excluding hydrogens is 233 g/mol. The summed E-state index contributed by atoms with van der Waals surface area (Å²) in [6.07, 6.45) is 3.93. The van der Waals surface area contributed by atoms with Gasteiger partial charge in [-0.1, -0.05) is 0 Å². The highest BCUT2D eigenvalue weighted by Gasteiger charge is 2.21. The number of aromatic nitrogens is 3. The molecule has 1 fully saturated rings. The lowest BCUT2D eigenvalue weighted by Gasteiger charge is -2.06. The Morgan fingerprint density at radius 1 is 1.17 bits per heavy atom. The molecule has 2 N–H and O–H groups in total. The van der Waals surface area contributed by atoms with Crippen molar-refractivity contribution in [1.82, 2.24) is 15.2 Å². The van der Waals surface area contributed by atoms with Crippen LogP contribution in [0.3, 0.4) is 0 Å². The molecule has 0 unspecified atom stereocenters. The lowest BCUT2D eigenvalue weighted by atomic mass is 10.3. The predicted octanol–water partition coefficient (Wildman–Crippen LogP) is 2.33. The lowest BCUT2D eigenvalue weighted by Crippen LogP contribution is -2.06. The van der Waals surface area contributed by atoms with Crippen molar-refractivity contribution in [1.29, 1.82) is 0 Å². The summed E-state index contributed by atoms with van der Waals surface area (Å²) in [6.45, 7) is 0. The molecule has 1 aromatic heterocycles. The number of hydrogen-bond donors (Lipinski definition) is 2. The first-order valence-corrected chi connectivity index (χ1v) is 5.78. The van der Waals surface area contributed by atoms with Gasteiger partial charge in [-0.15, -0.1) is 5.10 Å². The zero-order valence-corrected chi connectivity index (χ0v) is 9.60. The normalized spacial score (nSPS) is 14.3. The first kappa shape index (κ1) is 10.9. The zero-order chi connectivity index (χ0) is 12.4. The van der Waals surface area contributed by atoms with Crippen molar-refractivity contribution in [3.05, 3.63) is 36.3 Å². The fourth-order valence-corrected chi connectivity index (χ4v) is 1.53. The Kier molecular flexibility index (Phi) is 2.76. The smallest absolute Gasteiger partial charge is 0.249 e. The van der Waals surface area contributed by atoms with Gasteiger partial charge in [-0.2, -0.15) is 10.1 Å². The van der Waals surface area contributed by atoms with Crippen molar-refractivity contribution in [2.75, 3.05) is 10.6 Å². The Hall–Kier alpha value is -2.24. The average Bonchev–Trinajstić information content (AvgIpc) is 3.17. The van der Waals surface area contributed by atoms with E-state index in [0.29, 0.717) is 17.8 Å². The quantitative estimate of drug-likeness (QED) is 0.865. The number of hydrogen-bond acceptors (Lipinski definition) is 5. The highest BCUT2D eigenvalue weighted by Crippen LogP contribution is 2.23. The van der Waals surface area contributed by atoms with Gasteiger partial charge in [-0.05, 0) is 37.1 Å². The van der Waals surface area contributed by atoms with Crippen LogP contribution in [0.2, 0.25) is 0 Å². The van der Waals surface area contributed by atoms with Crippen LogP contribution in [0.1, 0.15) is 12.8 Å². The Labute approximate surface area is 103 Å². The van der Waals surface area contributed by atoms with E-state index in [-0.39, 0.29) is 5.82 Å². The minimum atomic E-state index is -0.274. The largest absolute Gasteiger partial charge is 0.366 e. The summed E-state index contributed by atoms with van der Waals surface area (Å²) in [5.74, 6) is 0.827. The van der Waals surface area contributed by atoms with Gasteiger partial charge in [0.15, 0.2) is 5.82 Å². The number of rotatable bonds is 4. The van der Waals surface area contributed by atoms with Crippen molar-refractivity contribution in [3.8, 4) is 0 Å². The van der Waals surface area contributed by atoms with Crippen LogP contribution in [0, 0.1) is 5.82 Å². The Balaban J connectivity index is 1.73. The van der Waals surface area contributed by atoms with Crippen LogP contribution in [-0.4, -0.2) is 21.2 Å². The average molecular weight is 245 g/mol. The van der Waals surface area contributed by atoms with Gasteiger partial charge in [0.1, 0.15) is 5.82 Å². The van der Waals surface area contributed by atoms with Gasteiger partial charge in [0.05, 0.1) is 6.20 Å². The van der Waals surface area contributed by atoms with E-state index in [0.717, 1.165) is 5.69 Å². The first-order chi connectivity index (χ1) is 8.79. The molecule has 1 aliphatic rings. The molecular formula is C12H12FN5. The van der Waals surface area contributed by atoms with Gasteiger partial charge in [0.25, 0.3) is 0 Å². The molecule has 0 amide bonds. The van der Waals surface area contributed by atoms with Gasteiger partial charge < -0.3 is 10.6 Å². The molecule has 0 atom stereocenters. The van der Waals surface area contributed by atoms with E-state index in [1.54, 1.807) is 18.3 Å². The standard InChI is InChI=1S/C12H12FN5/c13-8-1-3-10(4-2-8)16-12-17-11(7-14-18-12)15-9-5-6-9/h1-4,7,9H,5-6H2,(H2,15,16,17,18). The van der Waals surface area contributed by atoms with Gasteiger partial charge in [0.2, 0.25) is 5.95 Å². The predicted molar refractivity (Wildman–Crippen MR) is 66.2 cm³/mol. The maximum atomic E-state index is 12.8. The number of anilines is 3. The summed E-state index contributed by atoms with van der Waals surface area (Å²) >= 11 is 0. The molecule has 0 bridgehead atoms. The van der Waals surface area contributed by atoms with Gasteiger partial charge in [-0.25, -0.2) is 4.39 Å². The third kappa shape index (κ3) is 2.71. The summed E-state index contributed by atoms with van der Waals surface area (Å²) in [5, 5.41) is 14.0. The summed E-state index contributed by atoms with van der Waals surface area (Å²) < 4.78 is 12.8. The number of nitrogens with zero attached hydrogens (tertiary/aromatic N) is 3. The minimum Gasteiger partial charge on any atom is -0.366 e. The van der Waals surface area contributed by atoms with Crippen molar-refractivity contribution < 1.29 is 4.39 Å². The second-order valence-electron chi connectivity index (χ2n) is 4.22. The van der Waals surface area contributed by atoms with Gasteiger partial charge in [0, 0.05) is 11.7 Å². The Morgan fingerprint density at radius 2 is 1.94 bits per heavy atom. The molecule has 1 heterocycles. The van der Waals surface area contributed by atoms with Crippen LogP contribution in [0.25, 0.3) is 0 Å². The van der Waals surface area contributed by atoms with E-state index in [9.17, 15) is 4.39 Å². The van der Waals surface area contributed by atoms with E-state index in [4.69, 9.17) is 0 Å². The van der Waals surface area contributed by atoms with Crippen LogP contribution >= 0.6 is 0 Å². The molecule has 2 aromatic rings. The Morgan fingerprint density at radius 3 is 2.67 bits per heavy atom. The number of nitrogens with one attached hydrogen (secondary N) is 2. The number of halogens is 1. The van der Waals surface area contributed by atoms with E-state index >= 15 is 0 Å². The van der Waals surface area contributed by atoms with E-state index in [1.807, 2.05) is 0 Å². The zero-order valence-electron chi connectivity index (χ0n) is 9.60. The maximum Gasteiger partial charge on any atom is 0.249 e. The van der Waals surface area contributed by atoms with Crippen molar-refractivity contribution >= 4 is 17.5 Å². The molecule has 1 saturated carbocycles. The molecule has 1 aromatic carbocycles. The van der Waals surface area contributed by atoms with Crippen LogP contribution in [-0.2, 0) is 0 Å². The second kappa shape index (κ2) is 4.56.